The van der Waals surface area contributed by atoms with Crippen LogP contribution in [0.15, 0.2) is 0 Å². The Bertz CT molecular complexity index is 11.6. The molecule has 0 unspecified atom stereocenters. The first-order valence-electron chi connectivity index (χ1n) is 0.183. The maximum atomic E-state index is 8.19. The van der Waals surface area contributed by atoms with Gasteiger partial charge in [-0.3, -0.25) is 0 Å². The topological polar surface area (TPSA) is 17.1 Å². The molecule has 0 saturated heterocycles. The Kier molecular flexibility index (Phi) is 109. The van der Waals surface area contributed by atoms with E-state index < -0.39 is 0 Å². The third-order valence-corrected chi connectivity index (χ3v) is 0. The summed E-state index contributed by atoms with van der Waals surface area (Å²) in [5, 5.41) is 0. The number of hydrogen-bond acceptors (Lipinski definition) is 1. The van der Waals surface area contributed by atoms with Crippen LogP contribution in [-0.2, 0) is 38.1 Å². The Hall–Kier alpha value is 1.50. The van der Waals surface area contributed by atoms with Gasteiger partial charge < -0.3 is 1.43 Å². The summed E-state index contributed by atoms with van der Waals surface area (Å²) in [6.07, 6.45) is 0. The van der Waals surface area contributed by atoms with E-state index >= 15 is 0 Å². The molecule has 4 heavy (non-hydrogen) atoms. The third kappa shape index (κ3) is 9.72. The maximum absolute atomic E-state index is 8.19. The van der Waals surface area contributed by atoms with Crippen molar-refractivity contribution >= 4 is 0 Å². The van der Waals surface area contributed by atoms with E-state index in [0.29, 0.717) is 0 Å². The van der Waals surface area contributed by atoms with E-state index in [2.05, 4.69) is 0 Å². The van der Waals surface area contributed by atoms with E-state index in [1.807, 2.05) is 0 Å². The van der Waals surface area contributed by atoms with Gasteiger partial charge in [0.2, 0.25) is 0 Å². The van der Waals surface area contributed by atoms with Crippen molar-refractivity contribution in [2.24, 2.45) is 0 Å². The van der Waals surface area contributed by atoms with E-state index in [0.717, 1.165) is 17.4 Å². The Morgan fingerprint density at radius 1 is 1.50 bits per heavy atom. The van der Waals surface area contributed by atoms with Crippen LogP contribution in [0.4, 0.5) is 0 Å². The fourth-order valence-corrected chi connectivity index (χ4v) is 0. The van der Waals surface area contributed by atoms with Gasteiger partial charge in [0, 0.05) is 17.1 Å². The zero-order chi connectivity index (χ0) is 2.00. The fourth-order valence-electron chi connectivity index (χ4n) is 0. The van der Waals surface area contributed by atoms with Gasteiger partial charge in [-0.1, -0.05) is 0 Å². The van der Waals surface area contributed by atoms with Crippen LogP contribution in [0, 0.1) is 0 Å². The Morgan fingerprint density at radius 2 is 1.50 bits per heavy atom. The first-order chi connectivity index (χ1) is 1.00. The molecular weight excluding hydrogens is 130 g/mol. The summed E-state index contributed by atoms with van der Waals surface area (Å²) in [4.78, 5) is 0. The summed E-state index contributed by atoms with van der Waals surface area (Å²) in [6.45, 7) is 0. The van der Waals surface area contributed by atoms with Crippen LogP contribution < -0.4 is 18.9 Å². The van der Waals surface area contributed by atoms with Crippen LogP contribution in [0.1, 0.15) is 1.43 Å². The molecule has 0 aliphatic heterocycles. The quantitative estimate of drug-likeness (QED) is 0.320. The van der Waals surface area contributed by atoms with Crippen molar-refractivity contribution in [1.29, 1.82) is 0 Å². The summed E-state index contributed by atoms with van der Waals surface area (Å²) in [7, 11) is 0. The van der Waals surface area contributed by atoms with Gasteiger partial charge in [-0.05, 0) is 0 Å². The Labute approximate surface area is 58.2 Å². The molecule has 0 fully saturated rings. The average molecular weight is 131 g/mol. The predicted molar refractivity (Wildman–Crippen MR) is 1.80 cm³/mol. The van der Waals surface area contributed by atoms with Crippen molar-refractivity contribution in [3.63, 3.8) is 0 Å². The van der Waals surface area contributed by atoms with Crippen molar-refractivity contribution in [2.45, 2.75) is 0 Å². The number of rotatable bonds is 0. The minimum absolute atomic E-state index is 0. The number of hydrogen-bond donors (Lipinski definition) is 0. The van der Waals surface area contributed by atoms with Crippen LogP contribution in [0.2, 0.25) is 0 Å². The van der Waals surface area contributed by atoms with E-state index in [1.54, 1.807) is 0 Å². The second kappa shape index (κ2) is 24.5. The van der Waals surface area contributed by atoms with Gasteiger partial charge in [-0.25, -0.2) is 0 Å². The monoisotopic (exact) mass is 131 g/mol. The molecule has 0 radical (unpaired) electrons. The van der Waals surface area contributed by atoms with Crippen molar-refractivity contribution < 1.29 is 58.4 Å². The van der Waals surface area contributed by atoms with Crippen molar-refractivity contribution in [1.82, 2.24) is 0 Å². The van der Waals surface area contributed by atoms with Gasteiger partial charge in [0.1, 0.15) is 0 Å². The second-order valence-electron chi connectivity index (χ2n) is 0. The first-order valence-corrected chi connectivity index (χ1v) is 0.753. The van der Waals surface area contributed by atoms with Crippen molar-refractivity contribution in [3.05, 3.63) is 0 Å². The van der Waals surface area contributed by atoms with E-state index in [1.165, 1.54) is 0 Å². The van der Waals surface area contributed by atoms with Gasteiger partial charge in [0.15, 0.2) is 0 Å². The van der Waals surface area contributed by atoms with Gasteiger partial charge in [-0.2, -0.15) is 0 Å². The van der Waals surface area contributed by atoms with Crippen LogP contribution in [0.5, 0.6) is 0 Å². The fraction of sp³-hybridized carbons (Fsp3) is 0. The molecule has 1 nitrogen and oxygen atoms in total. The molecule has 4 heteroatoms. The summed E-state index contributed by atoms with van der Waals surface area (Å²) in [5.41, 5.74) is 0. The third-order valence-electron chi connectivity index (χ3n) is 0. The molecule has 0 bridgehead atoms. The molecular formula is HFeLiOV. The van der Waals surface area contributed by atoms with Gasteiger partial charge in [0.25, 0.3) is 0 Å². The molecule has 0 spiro atoms. The SMILES string of the molecule is [Fe].[H-].[Li+].[O]=[V]. The molecule has 0 aromatic rings. The molecule has 0 atom stereocenters. The molecule has 0 rings (SSSR count). The van der Waals surface area contributed by atoms with E-state index in [4.69, 9.17) is 3.67 Å². The molecule has 21 valence electrons. The van der Waals surface area contributed by atoms with Gasteiger partial charge >= 0.3 is 39.9 Å². The molecule has 0 amide bonds. The van der Waals surface area contributed by atoms with Crippen LogP contribution in [-0.4, -0.2) is 0 Å². The summed E-state index contributed by atoms with van der Waals surface area (Å²) >= 11 is 1.06. The molecule has 0 aromatic heterocycles. The van der Waals surface area contributed by atoms with Crippen molar-refractivity contribution in [2.75, 3.05) is 0 Å². The first kappa shape index (κ1) is 17.8. The Balaban J connectivity index is -0.00000000167. The molecule has 0 saturated carbocycles. The van der Waals surface area contributed by atoms with Crippen LogP contribution in [0.3, 0.4) is 0 Å². The normalized spacial score (nSPS) is 0.750. The van der Waals surface area contributed by atoms with Gasteiger partial charge in [-0.15, -0.1) is 0 Å². The van der Waals surface area contributed by atoms with Crippen LogP contribution >= 0.6 is 0 Å². The van der Waals surface area contributed by atoms with Crippen LogP contribution in [0.25, 0.3) is 0 Å². The molecule has 0 heterocycles. The summed E-state index contributed by atoms with van der Waals surface area (Å²) in [6, 6.07) is 0. The average Bonchev–Trinajstić information content (AvgIpc) is 1.00. The second-order valence-corrected chi connectivity index (χ2v) is 0. The van der Waals surface area contributed by atoms with Crippen molar-refractivity contribution in [3.8, 4) is 0 Å². The zero-order valence-electron chi connectivity index (χ0n) is 3.21. The molecule has 0 aromatic carbocycles. The van der Waals surface area contributed by atoms with E-state index in [-0.39, 0.29) is 37.4 Å². The predicted octanol–water partition coefficient (Wildman–Crippen LogP) is -3.01. The van der Waals surface area contributed by atoms with E-state index in [9.17, 15) is 0 Å². The Morgan fingerprint density at radius 3 is 1.50 bits per heavy atom. The standard InChI is InChI=1S/Fe.Li.O.V.H/q;+1;;;-1. The molecule has 0 N–H and O–H groups in total. The van der Waals surface area contributed by atoms with Gasteiger partial charge in [0.05, 0.1) is 0 Å². The summed E-state index contributed by atoms with van der Waals surface area (Å²) in [5.74, 6) is 0. The zero-order valence-corrected chi connectivity index (χ0v) is 4.71. The minimum atomic E-state index is 0. The summed E-state index contributed by atoms with van der Waals surface area (Å²) < 4.78 is 8.19. The molecule has 0 aliphatic carbocycles. The molecule has 0 aliphatic rings.